The van der Waals surface area contributed by atoms with Crippen molar-refractivity contribution in [3.8, 4) is 0 Å². The van der Waals surface area contributed by atoms with Crippen LogP contribution in [0.2, 0.25) is 0 Å². The molecule has 0 spiro atoms. The number of ether oxygens (including phenoxy) is 1. The highest BCUT2D eigenvalue weighted by atomic mass is 19.1. The van der Waals surface area contributed by atoms with Gasteiger partial charge in [-0.3, -0.25) is 0 Å². The molecule has 5 heteroatoms. The summed E-state index contributed by atoms with van der Waals surface area (Å²) in [4.78, 5) is 16.4. The number of esters is 1. The smallest absolute Gasteiger partial charge is 0.341 e. The van der Waals surface area contributed by atoms with E-state index in [4.69, 9.17) is 4.74 Å². The highest BCUT2D eigenvalue weighted by molar-refractivity contribution is 5.89. The number of nitrogens with zero attached hydrogens (tertiary/aromatic N) is 2. The molecule has 0 atom stereocenters. The van der Waals surface area contributed by atoms with Gasteiger partial charge in [0.25, 0.3) is 0 Å². The average molecular weight is 302 g/mol. The molecule has 1 aliphatic rings. The molecule has 116 valence electrons. The number of imidazole rings is 1. The Labute approximate surface area is 128 Å². The lowest BCUT2D eigenvalue weighted by atomic mass is 10.1. The maximum Gasteiger partial charge on any atom is 0.341 e. The van der Waals surface area contributed by atoms with E-state index < -0.39 is 11.8 Å². The number of carbonyl (C=O) groups excluding carboxylic acids is 1. The lowest BCUT2D eigenvalue weighted by Gasteiger charge is -2.11. The Morgan fingerprint density at radius 2 is 2.27 bits per heavy atom. The number of halogens is 1. The summed E-state index contributed by atoms with van der Waals surface area (Å²) < 4.78 is 21.0. The van der Waals surface area contributed by atoms with Crippen LogP contribution in [-0.2, 0) is 24.1 Å². The maximum atomic E-state index is 13.7. The van der Waals surface area contributed by atoms with Crippen LogP contribution in [0.5, 0.6) is 0 Å². The molecular weight excluding hydrogens is 283 g/mol. The van der Waals surface area contributed by atoms with Crippen molar-refractivity contribution in [2.75, 3.05) is 6.61 Å². The lowest BCUT2D eigenvalue weighted by molar-refractivity contribution is 0.0503. The number of carbonyl (C=O) groups is 1. The number of fused-ring (bicyclic) bond motifs is 1. The van der Waals surface area contributed by atoms with E-state index in [1.807, 2.05) is 6.20 Å². The molecule has 2 aromatic rings. The van der Waals surface area contributed by atoms with E-state index in [1.165, 1.54) is 25.0 Å². The number of hydrogen-bond acceptors (Lipinski definition) is 3. The van der Waals surface area contributed by atoms with Gasteiger partial charge in [-0.2, -0.15) is 0 Å². The second-order valence-corrected chi connectivity index (χ2v) is 5.67. The molecule has 0 radical (unpaired) electrons. The Balaban J connectivity index is 1.56. The van der Waals surface area contributed by atoms with Gasteiger partial charge in [0.2, 0.25) is 0 Å². The third-order valence-electron chi connectivity index (χ3n) is 3.89. The van der Waals surface area contributed by atoms with Gasteiger partial charge >= 0.3 is 5.97 Å². The maximum absolute atomic E-state index is 13.7. The van der Waals surface area contributed by atoms with Crippen molar-refractivity contribution in [3.05, 3.63) is 52.9 Å². The molecule has 1 aliphatic heterocycles. The molecule has 0 bridgehead atoms. The topological polar surface area (TPSA) is 44.1 Å². The van der Waals surface area contributed by atoms with Gasteiger partial charge in [-0.05, 0) is 37.5 Å². The summed E-state index contributed by atoms with van der Waals surface area (Å²) in [6.07, 6.45) is 5.95. The Kier molecular flexibility index (Phi) is 4.22. The second-order valence-electron chi connectivity index (χ2n) is 5.67. The Morgan fingerprint density at radius 3 is 3.05 bits per heavy atom. The van der Waals surface area contributed by atoms with Gasteiger partial charge in [-0.25, -0.2) is 14.2 Å². The number of aromatic nitrogens is 2. The van der Waals surface area contributed by atoms with Crippen molar-refractivity contribution in [1.82, 2.24) is 9.55 Å². The molecule has 0 N–H and O–H groups in total. The van der Waals surface area contributed by atoms with E-state index in [1.54, 1.807) is 13.0 Å². The molecule has 0 saturated heterocycles. The first-order valence-electron chi connectivity index (χ1n) is 7.61. The number of aryl methyl sites for hydroxylation is 3. The predicted octanol–water partition coefficient (Wildman–Crippen LogP) is 3.07. The Bertz CT molecular complexity index is 670. The SMILES string of the molecule is Cc1ccc(C(=O)OCCc2cn3c(n2)CCCC3)c(F)c1. The van der Waals surface area contributed by atoms with Crippen LogP contribution in [0.25, 0.3) is 0 Å². The van der Waals surface area contributed by atoms with E-state index in [2.05, 4.69) is 9.55 Å². The summed E-state index contributed by atoms with van der Waals surface area (Å²) in [6, 6.07) is 4.49. The normalized spacial score (nSPS) is 13.7. The van der Waals surface area contributed by atoms with Crippen LogP contribution < -0.4 is 0 Å². The number of hydrogen-bond donors (Lipinski definition) is 0. The minimum atomic E-state index is -0.624. The molecular formula is C17H19FN2O2. The third kappa shape index (κ3) is 3.18. The average Bonchev–Trinajstić information content (AvgIpc) is 2.89. The summed E-state index contributed by atoms with van der Waals surface area (Å²) in [6.45, 7) is 3.00. The monoisotopic (exact) mass is 302 g/mol. The van der Waals surface area contributed by atoms with Crippen LogP contribution in [0, 0.1) is 12.7 Å². The van der Waals surface area contributed by atoms with Crippen molar-refractivity contribution in [2.24, 2.45) is 0 Å². The first-order valence-corrected chi connectivity index (χ1v) is 7.61. The molecule has 3 rings (SSSR count). The summed E-state index contributed by atoms with van der Waals surface area (Å²) >= 11 is 0. The second kappa shape index (κ2) is 6.30. The van der Waals surface area contributed by atoms with E-state index in [9.17, 15) is 9.18 Å². The minimum absolute atomic E-state index is 0.0188. The molecule has 0 fully saturated rings. The largest absolute Gasteiger partial charge is 0.462 e. The third-order valence-corrected chi connectivity index (χ3v) is 3.89. The molecule has 22 heavy (non-hydrogen) atoms. The highest BCUT2D eigenvalue weighted by Gasteiger charge is 2.15. The molecule has 2 heterocycles. The van der Waals surface area contributed by atoms with Gasteiger partial charge in [0.15, 0.2) is 0 Å². The summed E-state index contributed by atoms with van der Waals surface area (Å²) in [5, 5.41) is 0. The molecule has 0 unspecified atom stereocenters. The van der Waals surface area contributed by atoms with Crippen molar-refractivity contribution in [3.63, 3.8) is 0 Å². The van der Waals surface area contributed by atoms with Crippen molar-refractivity contribution in [1.29, 1.82) is 0 Å². The van der Waals surface area contributed by atoms with Gasteiger partial charge in [0.05, 0.1) is 17.9 Å². The van der Waals surface area contributed by atoms with Crippen LogP contribution in [0.3, 0.4) is 0 Å². The number of benzene rings is 1. The van der Waals surface area contributed by atoms with Crippen LogP contribution in [-0.4, -0.2) is 22.1 Å². The van der Waals surface area contributed by atoms with Gasteiger partial charge in [-0.15, -0.1) is 0 Å². The van der Waals surface area contributed by atoms with E-state index in [-0.39, 0.29) is 12.2 Å². The van der Waals surface area contributed by atoms with Crippen molar-refractivity contribution in [2.45, 2.75) is 39.2 Å². The summed E-state index contributed by atoms with van der Waals surface area (Å²) in [5.41, 5.74) is 1.68. The minimum Gasteiger partial charge on any atom is -0.462 e. The fraction of sp³-hybridized carbons (Fsp3) is 0.412. The van der Waals surface area contributed by atoms with Crippen LogP contribution in [0.4, 0.5) is 4.39 Å². The van der Waals surface area contributed by atoms with Crippen molar-refractivity contribution < 1.29 is 13.9 Å². The zero-order valence-corrected chi connectivity index (χ0v) is 12.6. The fourth-order valence-corrected chi connectivity index (χ4v) is 2.70. The van der Waals surface area contributed by atoms with Crippen LogP contribution in [0.15, 0.2) is 24.4 Å². The zero-order chi connectivity index (χ0) is 15.5. The van der Waals surface area contributed by atoms with Gasteiger partial charge in [-0.1, -0.05) is 6.07 Å². The summed E-state index contributed by atoms with van der Waals surface area (Å²) in [7, 11) is 0. The molecule has 1 aromatic heterocycles. The van der Waals surface area contributed by atoms with Gasteiger partial charge < -0.3 is 9.30 Å². The first kappa shape index (κ1) is 14.8. The van der Waals surface area contributed by atoms with Gasteiger partial charge in [0, 0.05) is 25.6 Å². The highest BCUT2D eigenvalue weighted by Crippen LogP contribution is 2.15. The quantitative estimate of drug-likeness (QED) is 0.815. The molecule has 0 aliphatic carbocycles. The summed E-state index contributed by atoms with van der Waals surface area (Å²) in [5.74, 6) is -0.0546. The zero-order valence-electron chi connectivity index (χ0n) is 12.6. The predicted molar refractivity (Wildman–Crippen MR) is 80.3 cm³/mol. The molecule has 1 aromatic carbocycles. The Hall–Kier alpha value is -2.17. The molecule has 4 nitrogen and oxygen atoms in total. The Morgan fingerprint density at radius 1 is 1.41 bits per heavy atom. The van der Waals surface area contributed by atoms with Crippen LogP contribution in [0.1, 0.15) is 40.3 Å². The van der Waals surface area contributed by atoms with E-state index in [0.717, 1.165) is 30.0 Å². The number of rotatable bonds is 4. The standard InChI is InChI=1S/C17H19FN2O2/c1-12-5-6-14(15(18)10-12)17(21)22-9-7-13-11-20-8-3-2-4-16(20)19-13/h5-6,10-11H,2-4,7-9H2,1H3. The molecule has 0 saturated carbocycles. The van der Waals surface area contributed by atoms with E-state index in [0.29, 0.717) is 6.42 Å². The molecule has 0 amide bonds. The van der Waals surface area contributed by atoms with Gasteiger partial charge in [0.1, 0.15) is 11.6 Å². The van der Waals surface area contributed by atoms with Crippen molar-refractivity contribution >= 4 is 5.97 Å². The van der Waals surface area contributed by atoms with Crippen LogP contribution >= 0.6 is 0 Å². The lowest BCUT2D eigenvalue weighted by Crippen LogP contribution is -2.10. The van der Waals surface area contributed by atoms with E-state index >= 15 is 0 Å². The first-order chi connectivity index (χ1) is 10.6. The fourth-order valence-electron chi connectivity index (χ4n) is 2.70.